The highest BCUT2D eigenvalue weighted by Crippen LogP contribution is 2.17. The summed E-state index contributed by atoms with van der Waals surface area (Å²) in [7, 11) is 2.77. The van der Waals surface area contributed by atoms with Crippen molar-refractivity contribution in [2.24, 2.45) is 5.73 Å². The van der Waals surface area contributed by atoms with Crippen LogP contribution < -0.4 is 11.1 Å². The number of nitrogens with zero attached hydrogens (tertiary/aromatic N) is 1. The van der Waals surface area contributed by atoms with Crippen LogP contribution in [0.1, 0.15) is 18.5 Å². The van der Waals surface area contributed by atoms with Crippen LogP contribution in [0.15, 0.2) is 12.5 Å². The Kier molecular flexibility index (Phi) is 6.59. The number of carbonyl (C=O) groups is 1. The molecule has 0 radical (unpaired) electrons. The van der Waals surface area contributed by atoms with Gasteiger partial charge in [-0.2, -0.15) is 0 Å². The van der Waals surface area contributed by atoms with E-state index in [0.29, 0.717) is 18.7 Å². The Hall–Kier alpha value is -1.48. The van der Waals surface area contributed by atoms with Crippen molar-refractivity contribution in [3.8, 4) is 0 Å². The van der Waals surface area contributed by atoms with Crippen LogP contribution in [0, 0.1) is 0 Å². The first kappa shape index (κ1) is 16.6. The van der Waals surface area contributed by atoms with E-state index in [-0.39, 0.29) is 18.7 Å². The summed E-state index contributed by atoms with van der Waals surface area (Å²) in [6.45, 7) is 0.407. The SMILES string of the molecule is COC(OC)C(O)(Cc1cnc[nH]1)NC(=O)CCCN. The maximum absolute atomic E-state index is 11.8. The first-order valence-electron chi connectivity index (χ1n) is 6.32. The fourth-order valence-corrected chi connectivity index (χ4v) is 1.91. The molecule has 0 spiro atoms. The Morgan fingerprint density at radius 3 is 2.80 bits per heavy atom. The summed E-state index contributed by atoms with van der Waals surface area (Å²) >= 11 is 0. The Morgan fingerprint density at radius 1 is 1.60 bits per heavy atom. The number of nitrogens with one attached hydrogen (secondary N) is 2. The molecule has 8 heteroatoms. The van der Waals surface area contributed by atoms with Gasteiger partial charge in [-0.3, -0.25) is 4.79 Å². The fraction of sp³-hybridized carbons (Fsp3) is 0.667. The Morgan fingerprint density at radius 2 is 2.30 bits per heavy atom. The van der Waals surface area contributed by atoms with Crippen molar-refractivity contribution in [2.75, 3.05) is 20.8 Å². The molecule has 0 saturated carbocycles. The molecule has 1 heterocycles. The van der Waals surface area contributed by atoms with Crippen LogP contribution in [0.4, 0.5) is 0 Å². The van der Waals surface area contributed by atoms with Gasteiger partial charge < -0.3 is 30.6 Å². The van der Waals surface area contributed by atoms with Crippen molar-refractivity contribution < 1.29 is 19.4 Å². The molecule has 0 aliphatic carbocycles. The summed E-state index contributed by atoms with van der Waals surface area (Å²) in [5.41, 5.74) is 4.31. The van der Waals surface area contributed by atoms with Gasteiger partial charge in [0.1, 0.15) is 0 Å². The molecule has 1 rings (SSSR count). The predicted octanol–water partition coefficient (Wildman–Crippen LogP) is -0.885. The van der Waals surface area contributed by atoms with Gasteiger partial charge in [0, 0.05) is 39.0 Å². The number of nitrogens with two attached hydrogens (primary N) is 1. The molecule has 1 unspecified atom stereocenters. The number of imidazole rings is 1. The monoisotopic (exact) mass is 286 g/mol. The molecule has 0 aromatic carbocycles. The standard InChI is InChI=1S/C12H22N4O4/c1-19-11(20-2)12(18,6-9-7-14-8-15-9)16-10(17)4-3-5-13/h7-8,11,18H,3-6,13H2,1-2H3,(H,14,15)(H,16,17). The van der Waals surface area contributed by atoms with E-state index in [1.165, 1.54) is 20.5 Å². The van der Waals surface area contributed by atoms with Gasteiger partial charge in [0.2, 0.25) is 12.2 Å². The molecule has 1 aromatic rings. The van der Waals surface area contributed by atoms with E-state index in [1.54, 1.807) is 6.20 Å². The van der Waals surface area contributed by atoms with E-state index >= 15 is 0 Å². The number of amides is 1. The van der Waals surface area contributed by atoms with Crippen molar-refractivity contribution in [2.45, 2.75) is 31.3 Å². The number of aromatic amines is 1. The molecule has 20 heavy (non-hydrogen) atoms. The van der Waals surface area contributed by atoms with Crippen molar-refractivity contribution in [1.82, 2.24) is 15.3 Å². The lowest BCUT2D eigenvalue weighted by molar-refractivity contribution is -0.227. The van der Waals surface area contributed by atoms with Gasteiger partial charge in [-0.25, -0.2) is 4.98 Å². The zero-order chi connectivity index (χ0) is 15.0. The number of hydrogen-bond donors (Lipinski definition) is 4. The Labute approximate surface area is 117 Å². The van der Waals surface area contributed by atoms with E-state index in [2.05, 4.69) is 15.3 Å². The minimum absolute atomic E-state index is 0.0771. The largest absolute Gasteiger partial charge is 0.366 e. The number of methoxy groups -OCH3 is 2. The normalized spacial score (nSPS) is 14.2. The molecule has 0 fully saturated rings. The summed E-state index contributed by atoms with van der Waals surface area (Å²) in [5.74, 6) is -0.323. The molecule has 114 valence electrons. The highest BCUT2D eigenvalue weighted by molar-refractivity contribution is 5.76. The first-order chi connectivity index (χ1) is 9.55. The lowest BCUT2D eigenvalue weighted by Gasteiger charge is -2.34. The van der Waals surface area contributed by atoms with Crippen LogP contribution in [0.5, 0.6) is 0 Å². The molecule has 0 aliphatic heterocycles. The molecular formula is C12H22N4O4. The molecule has 0 bridgehead atoms. The molecule has 8 nitrogen and oxygen atoms in total. The van der Waals surface area contributed by atoms with Gasteiger partial charge >= 0.3 is 0 Å². The molecule has 1 amide bonds. The Balaban J connectivity index is 2.80. The summed E-state index contributed by atoms with van der Waals surface area (Å²) in [6, 6.07) is 0. The highest BCUT2D eigenvalue weighted by atomic mass is 16.7. The number of carbonyl (C=O) groups excluding carboxylic acids is 1. The highest BCUT2D eigenvalue weighted by Gasteiger charge is 2.39. The van der Waals surface area contributed by atoms with Crippen molar-refractivity contribution in [3.63, 3.8) is 0 Å². The van der Waals surface area contributed by atoms with Gasteiger partial charge in [-0.05, 0) is 13.0 Å². The lowest BCUT2D eigenvalue weighted by atomic mass is 10.1. The average molecular weight is 286 g/mol. The van der Waals surface area contributed by atoms with Gasteiger partial charge in [0.05, 0.1) is 6.33 Å². The minimum atomic E-state index is -1.69. The maximum Gasteiger partial charge on any atom is 0.222 e. The molecule has 0 aliphatic rings. The number of ether oxygens (including phenoxy) is 2. The van der Waals surface area contributed by atoms with Crippen molar-refractivity contribution >= 4 is 5.91 Å². The van der Waals surface area contributed by atoms with E-state index in [0.717, 1.165) is 0 Å². The number of aliphatic hydroxyl groups is 1. The van der Waals surface area contributed by atoms with E-state index in [9.17, 15) is 9.90 Å². The van der Waals surface area contributed by atoms with Gasteiger partial charge in [0.15, 0.2) is 5.72 Å². The fourth-order valence-electron chi connectivity index (χ4n) is 1.91. The lowest BCUT2D eigenvalue weighted by Crippen LogP contribution is -2.59. The van der Waals surface area contributed by atoms with Crippen LogP contribution in [-0.2, 0) is 20.7 Å². The van der Waals surface area contributed by atoms with Crippen molar-refractivity contribution in [1.29, 1.82) is 0 Å². The second-order valence-corrected chi connectivity index (χ2v) is 4.42. The van der Waals surface area contributed by atoms with Crippen LogP contribution >= 0.6 is 0 Å². The smallest absolute Gasteiger partial charge is 0.222 e. The molecule has 1 atom stereocenters. The van der Waals surface area contributed by atoms with Crippen LogP contribution in [-0.4, -0.2) is 53.8 Å². The van der Waals surface area contributed by atoms with Gasteiger partial charge in [-0.1, -0.05) is 0 Å². The predicted molar refractivity (Wildman–Crippen MR) is 71.5 cm³/mol. The van der Waals surface area contributed by atoms with Crippen LogP contribution in [0.2, 0.25) is 0 Å². The molecule has 5 N–H and O–H groups in total. The summed E-state index contributed by atoms with van der Waals surface area (Å²) < 4.78 is 10.1. The summed E-state index contributed by atoms with van der Waals surface area (Å²) in [5, 5.41) is 13.2. The molecule has 0 saturated heterocycles. The third-order valence-corrected chi connectivity index (χ3v) is 2.80. The van der Waals surface area contributed by atoms with Crippen molar-refractivity contribution in [3.05, 3.63) is 18.2 Å². The zero-order valence-electron chi connectivity index (χ0n) is 11.8. The first-order valence-corrected chi connectivity index (χ1v) is 6.32. The zero-order valence-corrected chi connectivity index (χ0v) is 11.8. The third kappa shape index (κ3) is 4.57. The topological polar surface area (TPSA) is 122 Å². The number of rotatable bonds is 9. The van der Waals surface area contributed by atoms with E-state index in [4.69, 9.17) is 15.2 Å². The molecule has 1 aromatic heterocycles. The Bertz CT molecular complexity index is 394. The maximum atomic E-state index is 11.8. The van der Waals surface area contributed by atoms with Gasteiger partial charge in [-0.15, -0.1) is 0 Å². The second-order valence-electron chi connectivity index (χ2n) is 4.42. The quantitative estimate of drug-likeness (QED) is 0.437. The van der Waals surface area contributed by atoms with Crippen LogP contribution in [0.3, 0.4) is 0 Å². The number of H-pyrrole nitrogens is 1. The summed E-state index contributed by atoms with van der Waals surface area (Å²) in [6.07, 6.45) is 2.87. The summed E-state index contributed by atoms with van der Waals surface area (Å²) in [4.78, 5) is 18.5. The minimum Gasteiger partial charge on any atom is -0.366 e. The molecular weight excluding hydrogens is 264 g/mol. The third-order valence-electron chi connectivity index (χ3n) is 2.80. The second kappa shape index (κ2) is 7.95. The van der Waals surface area contributed by atoms with E-state index < -0.39 is 12.0 Å². The average Bonchev–Trinajstić information content (AvgIpc) is 2.90. The number of aromatic nitrogens is 2. The van der Waals surface area contributed by atoms with E-state index in [1.807, 2.05) is 0 Å². The number of hydrogen-bond acceptors (Lipinski definition) is 6. The van der Waals surface area contributed by atoms with Gasteiger partial charge in [0.25, 0.3) is 0 Å². The van der Waals surface area contributed by atoms with Crippen LogP contribution in [0.25, 0.3) is 0 Å².